The first kappa shape index (κ1) is 25.6. The Kier molecular flexibility index (Phi) is 13.4. The van der Waals surface area contributed by atoms with Crippen molar-refractivity contribution in [3.63, 3.8) is 0 Å². The number of aromatic nitrogens is 2. The molecule has 0 spiro atoms. The van der Waals surface area contributed by atoms with E-state index in [1.165, 1.54) is 11.3 Å². The maximum Gasteiger partial charge on any atom is 0.209 e. The van der Waals surface area contributed by atoms with Crippen LogP contribution in [0.25, 0.3) is 0 Å². The number of aryl methyl sites for hydroxylation is 1. The Balaban J connectivity index is 0.000000777. The van der Waals surface area contributed by atoms with Crippen LogP contribution in [0.3, 0.4) is 0 Å². The van der Waals surface area contributed by atoms with Crippen molar-refractivity contribution in [2.45, 2.75) is 59.9 Å². The average Bonchev–Trinajstić information content (AvgIpc) is 3.07. The van der Waals surface area contributed by atoms with Crippen molar-refractivity contribution in [3.8, 4) is 5.75 Å². The van der Waals surface area contributed by atoms with Crippen LogP contribution in [0.4, 0.5) is 17.3 Å². The SMILES string of the molecule is CCC.CCCC(C)Nc1nsnc1Nc1cccc(C)c1O.CN(C)C=O. The van der Waals surface area contributed by atoms with Crippen molar-refractivity contribution in [3.05, 3.63) is 23.8 Å². The van der Waals surface area contributed by atoms with Crippen LogP contribution in [-0.2, 0) is 4.79 Å². The number of para-hydroxylation sites is 1. The zero-order valence-corrected chi connectivity index (χ0v) is 18.9. The standard InChI is InChI=1S/C14H20N4OS.C3H7NO.C3H8/c1-4-6-10(3)15-13-14(18-20-17-13)16-11-8-5-7-9(2)12(11)19;1-4(2)3-5;1-3-2/h5,7-8,10,19H,4,6H2,1-3H3,(H,15,17)(H,16,18);3H,1-2H3;3H2,1-2H3. The molecule has 0 saturated carbocycles. The lowest BCUT2D eigenvalue weighted by Crippen LogP contribution is -2.15. The van der Waals surface area contributed by atoms with E-state index in [9.17, 15) is 9.90 Å². The van der Waals surface area contributed by atoms with Crippen molar-refractivity contribution in [2.75, 3.05) is 24.7 Å². The van der Waals surface area contributed by atoms with Gasteiger partial charge in [0.25, 0.3) is 0 Å². The molecule has 3 N–H and O–H groups in total. The minimum Gasteiger partial charge on any atom is -0.505 e. The van der Waals surface area contributed by atoms with Gasteiger partial charge in [0.1, 0.15) is 5.75 Å². The Morgan fingerprint density at radius 1 is 1.21 bits per heavy atom. The van der Waals surface area contributed by atoms with Gasteiger partial charge in [-0.25, -0.2) is 0 Å². The molecule has 0 bridgehead atoms. The highest BCUT2D eigenvalue weighted by Gasteiger charge is 2.13. The normalized spacial score (nSPS) is 10.5. The lowest BCUT2D eigenvalue weighted by atomic mass is 10.2. The smallest absolute Gasteiger partial charge is 0.209 e. The van der Waals surface area contributed by atoms with Gasteiger partial charge in [-0.05, 0) is 31.9 Å². The van der Waals surface area contributed by atoms with Crippen LogP contribution < -0.4 is 10.6 Å². The molecule has 2 rings (SSSR count). The highest BCUT2D eigenvalue weighted by atomic mass is 32.1. The number of hydrogen-bond donors (Lipinski definition) is 3. The van der Waals surface area contributed by atoms with Crippen LogP contribution in [0.5, 0.6) is 5.75 Å². The Bertz CT molecular complexity index is 676. The highest BCUT2D eigenvalue weighted by molar-refractivity contribution is 6.99. The number of phenolic OH excluding ortho intramolecular Hbond substituents is 1. The van der Waals surface area contributed by atoms with Gasteiger partial charge in [0.15, 0.2) is 11.6 Å². The summed E-state index contributed by atoms with van der Waals surface area (Å²) in [4.78, 5) is 10.9. The average molecular weight is 410 g/mol. The van der Waals surface area contributed by atoms with E-state index in [4.69, 9.17) is 0 Å². The molecular formula is C20H35N5O2S. The topological polar surface area (TPSA) is 90.4 Å². The molecule has 158 valence electrons. The number of carbonyl (C=O) groups is 1. The first-order valence-electron chi connectivity index (χ1n) is 9.56. The summed E-state index contributed by atoms with van der Waals surface area (Å²) < 4.78 is 8.50. The molecule has 0 saturated heterocycles. The van der Waals surface area contributed by atoms with Crippen LogP contribution in [-0.4, -0.2) is 45.3 Å². The second kappa shape index (κ2) is 14.7. The number of carbonyl (C=O) groups excluding carboxylic acids is 1. The van der Waals surface area contributed by atoms with E-state index >= 15 is 0 Å². The van der Waals surface area contributed by atoms with E-state index in [1.54, 1.807) is 14.1 Å². The van der Waals surface area contributed by atoms with Gasteiger partial charge in [0.05, 0.1) is 17.4 Å². The third-order valence-electron chi connectivity index (χ3n) is 3.29. The number of anilines is 3. The summed E-state index contributed by atoms with van der Waals surface area (Å²) >= 11 is 1.15. The summed E-state index contributed by atoms with van der Waals surface area (Å²) in [6.45, 7) is 10.4. The number of hydrogen-bond acceptors (Lipinski definition) is 7. The van der Waals surface area contributed by atoms with E-state index < -0.39 is 0 Å². The summed E-state index contributed by atoms with van der Waals surface area (Å²) in [7, 11) is 3.38. The molecule has 1 aromatic carbocycles. The molecule has 2 aromatic rings. The zero-order chi connectivity index (χ0) is 21.5. The number of phenols is 1. The molecule has 0 aliphatic rings. The van der Waals surface area contributed by atoms with Gasteiger partial charge in [-0.3, -0.25) is 4.79 Å². The number of nitrogens with one attached hydrogen (secondary N) is 2. The van der Waals surface area contributed by atoms with E-state index in [-0.39, 0.29) is 5.75 Å². The van der Waals surface area contributed by atoms with Crippen molar-refractivity contribution in [1.82, 2.24) is 13.6 Å². The molecule has 1 unspecified atom stereocenters. The van der Waals surface area contributed by atoms with Gasteiger partial charge in [-0.2, -0.15) is 8.75 Å². The van der Waals surface area contributed by atoms with Crippen LogP contribution in [0.15, 0.2) is 18.2 Å². The fourth-order valence-corrected chi connectivity index (χ4v) is 2.47. The predicted molar refractivity (Wildman–Crippen MR) is 120 cm³/mol. The number of aromatic hydroxyl groups is 1. The fraction of sp³-hybridized carbons (Fsp3) is 0.550. The van der Waals surface area contributed by atoms with Gasteiger partial charge in [0, 0.05) is 20.1 Å². The molecule has 0 fully saturated rings. The number of benzene rings is 1. The molecule has 0 aliphatic carbocycles. The second-order valence-electron chi connectivity index (χ2n) is 6.67. The Hall–Kier alpha value is -2.35. The maximum atomic E-state index is 10.0. The number of nitrogens with zero attached hydrogens (tertiary/aromatic N) is 3. The van der Waals surface area contributed by atoms with Gasteiger partial charge in [-0.1, -0.05) is 45.7 Å². The lowest BCUT2D eigenvalue weighted by molar-refractivity contribution is -0.115. The molecular weight excluding hydrogens is 374 g/mol. The molecule has 28 heavy (non-hydrogen) atoms. The highest BCUT2D eigenvalue weighted by Crippen LogP contribution is 2.31. The molecule has 8 heteroatoms. The summed E-state index contributed by atoms with van der Waals surface area (Å²) in [5.74, 6) is 1.63. The third-order valence-corrected chi connectivity index (χ3v) is 3.82. The lowest BCUT2D eigenvalue weighted by Gasteiger charge is -2.14. The molecule has 0 aliphatic heterocycles. The molecule has 7 nitrogen and oxygen atoms in total. The van der Waals surface area contributed by atoms with Gasteiger partial charge < -0.3 is 20.6 Å². The summed E-state index contributed by atoms with van der Waals surface area (Å²) in [6.07, 6.45) is 4.19. The molecule has 1 heterocycles. The molecule has 0 radical (unpaired) electrons. The Labute approximate surface area is 173 Å². The van der Waals surface area contributed by atoms with Crippen molar-refractivity contribution in [2.24, 2.45) is 0 Å². The second-order valence-corrected chi connectivity index (χ2v) is 7.20. The van der Waals surface area contributed by atoms with Crippen LogP contribution >= 0.6 is 11.7 Å². The minimum atomic E-state index is 0.244. The predicted octanol–water partition coefficient (Wildman–Crippen LogP) is 5.02. The number of rotatable bonds is 7. The molecule has 1 amide bonds. The summed E-state index contributed by atoms with van der Waals surface area (Å²) in [6, 6.07) is 5.92. The quantitative estimate of drug-likeness (QED) is 0.439. The van der Waals surface area contributed by atoms with E-state index in [0.29, 0.717) is 17.5 Å². The van der Waals surface area contributed by atoms with Gasteiger partial charge in [0.2, 0.25) is 6.41 Å². The van der Waals surface area contributed by atoms with Crippen LogP contribution in [0.1, 0.15) is 52.5 Å². The Morgan fingerprint density at radius 2 is 1.79 bits per heavy atom. The van der Waals surface area contributed by atoms with E-state index in [1.807, 2.05) is 25.1 Å². The monoisotopic (exact) mass is 409 g/mol. The van der Waals surface area contributed by atoms with E-state index in [0.717, 1.165) is 42.4 Å². The first-order chi connectivity index (χ1) is 13.3. The first-order valence-corrected chi connectivity index (χ1v) is 10.3. The maximum absolute atomic E-state index is 10.0. The van der Waals surface area contributed by atoms with E-state index in [2.05, 4.69) is 47.1 Å². The summed E-state index contributed by atoms with van der Waals surface area (Å²) in [5.41, 5.74) is 1.47. The van der Waals surface area contributed by atoms with Crippen LogP contribution in [0.2, 0.25) is 0 Å². The molecule has 1 atom stereocenters. The minimum absolute atomic E-state index is 0.244. The Morgan fingerprint density at radius 3 is 2.32 bits per heavy atom. The zero-order valence-electron chi connectivity index (χ0n) is 18.1. The van der Waals surface area contributed by atoms with Crippen molar-refractivity contribution in [1.29, 1.82) is 0 Å². The number of amides is 1. The van der Waals surface area contributed by atoms with Crippen molar-refractivity contribution >= 4 is 35.5 Å². The van der Waals surface area contributed by atoms with Gasteiger partial charge in [-0.15, -0.1) is 0 Å². The third kappa shape index (κ3) is 10.1. The fourth-order valence-electron chi connectivity index (χ4n) is 1.99. The molecule has 1 aromatic heterocycles. The largest absolute Gasteiger partial charge is 0.505 e. The van der Waals surface area contributed by atoms with Crippen LogP contribution in [0, 0.1) is 6.92 Å². The summed E-state index contributed by atoms with van der Waals surface area (Å²) in [5, 5.41) is 16.5. The van der Waals surface area contributed by atoms with Crippen molar-refractivity contribution < 1.29 is 9.90 Å². The van der Waals surface area contributed by atoms with Gasteiger partial charge >= 0.3 is 0 Å².